The highest BCUT2D eigenvalue weighted by Crippen LogP contribution is 2.19. The Morgan fingerprint density at radius 1 is 1.60 bits per heavy atom. The van der Waals surface area contributed by atoms with Crippen molar-refractivity contribution in [2.45, 2.75) is 31.4 Å². The molecule has 1 heterocycles. The van der Waals surface area contributed by atoms with E-state index in [9.17, 15) is 8.42 Å². The number of halogens is 1. The van der Waals surface area contributed by atoms with E-state index in [-0.39, 0.29) is 11.5 Å². The topological polar surface area (TPSA) is 61.2 Å². The molecule has 7 heteroatoms. The molecule has 86 valence electrons. The predicted molar refractivity (Wildman–Crippen MR) is 56.3 cm³/mol. The molecule has 0 N–H and O–H groups in total. The van der Waals surface area contributed by atoms with Crippen LogP contribution in [0.5, 0.6) is 0 Å². The number of methoxy groups -OCH3 is 1. The fourth-order valence-corrected chi connectivity index (χ4v) is 2.24. The molecule has 0 amide bonds. The van der Waals surface area contributed by atoms with E-state index in [0.29, 0.717) is 12.2 Å². The summed E-state index contributed by atoms with van der Waals surface area (Å²) in [6, 6.07) is 0. The van der Waals surface area contributed by atoms with Crippen LogP contribution in [0.4, 0.5) is 0 Å². The fourth-order valence-electron chi connectivity index (χ4n) is 1.23. The summed E-state index contributed by atoms with van der Waals surface area (Å²) >= 11 is 0. The van der Waals surface area contributed by atoms with Crippen molar-refractivity contribution in [3.63, 3.8) is 0 Å². The standard InChI is InChI=1S/C8H13ClN2O3S/c1-3-4-11-5-8(15(9,12)13)7(10-11)6-14-2/h5H,3-4,6H2,1-2H3. The summed E-state index contributed by atoms with van der Waals surface area (Å²) in [5.41, 5.74) is 0.348. The van der Waals surface area contributed by atoms with E-state index in [1.165, 1.54) is 13.3 Å². The predicted octanol–water partition coefficient (Wildman–Crippen LogP) is 1.37. The molecule has 0 unspecified atom stereocenters. The van der Waals surface area contributed by atoms with Gasteiger partial charge in [0.15, 0.2) is 0 Å². The lowest BCUT2D eigenvalue weighted by atomic mass is 10.4. The van der Waals surface area contributed by atoms with Gasteiger partial charge in [0.2, 0.25) is 0 Å². The van der Waals surface area contributed by atoms with Crippen LogP contribution < -0.4 is 0 Å². The summed E-state index contributed by atoms with van der Waals surface area (Å²) in [5, 5.41) is 4.08. The summed E-state index contributed by atoms with van der Waals surface area (Å²) in [4.78, 5) is 0.0273. The Morgan fingerprint density at radius 3 is 2.73 bits per heavy atom. The van der Waals surface area contributed by atoms with E-state index >= 15 is 0 Å². The molecule has 0 aliphatic rings. The second kappa shape index (κ2) is 4.96. The average molecular weight is 253 g/mol. The minimum absolute atomic E-state index is 0.0273. The van der Waals surface area contributed by atoms with Gasteiger partial charge >= 0.3 is 0 Å². The molecule has 0 spiro atoms. The molecular weight excluding hydrogens is 240 g/mol. The zero-order valence-corrected chi connectivity index (χ0v) is 10.2. The average Bonchev–Trinajstić information content (AvgIpc) is 2.49. The van der Waals surface area contributed by atoms with Gasteiger partial charge in [-0.25, -0.2) is 8.42 Å². The Labute approximate surface area is 93.4 Å². The Morgan fingerprint density at radius 2 is 2.27 bits per heavy atom. The smallest absolute Gasteiger partial charge is 0.264 e. The highest BCUT2D eigenvalue weighted by molar-refractivity contribution is 8.13. The number of hydrogen-bond donors (Lipinski definition) is 0. The number of nitrogens with zero attached hydrogens (tertiary/aromatic N) is 2. The monoisotopic (exact) mass is 252 g/mol. The van der Waals surface area contributed by atoms with Gasteiger partial charge in [-0.2, -0.15) is 5.10 Å². The Balaban J connectivity index is 3.11. The number of hydrogen-bond acceptors (Lipinski definition) is 4. The van der Waals surface area contributed by atoms with E-state index in [1.807, 2.05) is 6.92 Å². The minimum Gasteiger partial charge on any atom is -0.378 e. The molecule has 0 saturated carbocycles. The van der Waals surface area contributed by atoms with Gasteiger partial charge in [0.05, 0.1) is 6.61 Å². The molecular formula is C8H13ClN2O3S. The first-order valence-corrected chi connectivity index (χ1v) is 6.80. The van der Waals surface area contributed by atoms with E-state index < -0.39 is 9.05 Å². The molecule has 0 aliphatic carbocycles. The maximum atomic E-state index is 11.2. The zero-order valence-electron chi connectivity index (χ0n) is 8.60. The third kappa shape index (κ3) is 3.19. The second-order valence-corrected chi connectivity index (χ2v) is 5.61. The van der Waals surface area contributed by atoms with Gasteiger partial charge < -0.3 is 4.74 Å². The molecule has 0 atom stereocenters. The quantitative estimate of drug-likeness (QED) is 0.743. The van der Waals surface area contributed by atoms with Crippen LogP contribution in [0.15, 0.2) is 11.1 Å². The Bertz CT molecular complexity index is 427. The van der Waals surface area contributed by atoms with E-state index in [0.717, 1.165) is 6.42 Å². The molecule has 0 aliphatic heterocycles. The molecule has 1 rings (SSSR count). The Kier molecular flexibility index (Phi) is 4.12. The molecule has 5 nitrogen and oxygen atoms in total. The van der Waals surface area contributed by atoms with Crippen LogP contribution in [-0.4, -0.2) is 25.3 Å². The highest BCUT2D eigenvalue weighted by atomic mass is 35.7. The zero-order chi connectivity index (χ0) is 11.5. The van der Waals surface area contributed by atoms with Crippen molar-refractivity contribution >= 4 is 19.7 Å². The van der Waals surface area contributed by atoms with Crippen LogP contribution in [0, 0.1) is 0 Å². The van der Waals surface area contributed by atoms with Gasteiger partial charge in [-0.3, -0.25) is 4.68 Å². The lowest BCUT2D eigenvalue weighted by Gasteiger charge is -1.96. The maximum Gasteiger partial charge on any atom is 0.264 e. The minimum atomic E-state index is -3.74. The first-order chi connectivity index (χ1) is 6.99. The summed E-state index contributed by atoms with van der Waals surface area (Å²) in [6.07, 6.45) is 2.30. The van der Waals surface area contributed by atoms with Crippen LogP contribution in [0.1, 0.15) is 19.0 Å². The van der Waals surface area contributed by atoms with Crippen molar-refractivity contribution in [1.82, 2.24) is 9.78 Å². The number of ether oxygens (including phenoxy) is 1. The third-order valence-electron chi connectivity index (χ3n) is 1.80. The number of aromatic nitrogens is 2. The number of rotatable bonds is 5. The Hall–Kier alpha value is -0.590. The highest BCUT2D eigenvalue weighted by Gasteiger charge is 2.19. The SMILES string of the molecule is CCCn1cc(S(=O)(=O)Cl)c(COC)n1. The van der Waals surface area contributed by atoms with Crippen molar-refractivity contribution in [2.75, 3.05) is 7.11 Å². The first-order valence-electron chi connectivity index (χ1n) is 4.49. The third-order valence-corrected chi connectivity index (χ3v) is 3.16. The van der Waals surface area contributed by atoms with Gasteiger partial charge in [0.1, 0.15) is 10.6 Å². The summed E-state index contributed by atoms with van der Waals surface area (Å²) in [6.45, 7) is 2.77. The molecule has 1 aromatic rings. The number of aryl methyl sites for hydroxylation is 1. The van der Waals surface area contributed by atoms with Gasteiger partial charge in [0, 0.05) is 30.5 Å². The normalized spacial score (nSPS) is 11.9. The van der Waals surface area contributed by atoms with Crippen LogP contribution in [0.3, 0.4) is 0 Å². The van der Waals surface area contributed by atoms with Gasteiger partial charge in [-0.1, -0.05) is 6.92 Å². The van der Waals surface area contributed by atoms with E-state index in [4.69, 9.17) is 15.4 Å². The van der Waals surface area contributed by atoms with Crippen molar-refractivity contribution in [1.29, 1.82) is 0 Å². The van der Waals surface area contributed by atoms with E-state index in [1.54, 1.807) is 4.68 Å². The lowest BCUT2D eigenvalue weighted by Crippen LogP contribution is -1.99. The molecule has 15 heavy (non-hydrogen) atoms. The molecule has 0 saturated heterocycles. The van der Waals surface area contributed by atoms with Gasteiger partial charge in [-0.15, -0.1) is 0 Å². The summed E-state index contributed by atoms with van der Waals surface area (Å²) in [7, 11) is 3.01. The van der Waals surface area contributed by atoms with Crippen LogP contribution in [-0.2, 0) is 26.9 Å². The van der Waals surface area contributed by atoms with Crippen LogP contribution >= 0.6 is 10.7 Å². The van der Waals surface area contributed by atoms with E-state index in [2.05, 4.69) is 5.10 Å². The lowest BCUT2D eigenvalue weighted by molar-refractivity contribution is 0.178. The summed E-state index contributed by atoms with van der Waals surface area (Å²) < 4.78 is 28.8. The van der Waals surface area contributed by atoms with Crippen molar-refractivity contribution in [3.8, 4) is 0 Å². The molecule has 0 fully saturated rings. The molecule has 0 aromatic carbocycles. The maximum absolute atomic E-state index is 11.2. The van der Waals surface area contributed by atoms with Crippen molar-refractivity contribution in [3.05, 3.63) is 11.9 Å². The second-order valence-electron chi connectivity index (χ2n) is 3.07. The molecule has 0 radical (unpaired) electrons. The van der Waals surface area contributed by atoms with Gasteiger partial charge in [-0.05, 0) is 6.42 Å². The van der Waals surface area contributed by atoms with Crippen molar-refractivity contribution in [2.24, 2.45) is 0 Å². The molecule has 0 bridgehead atoms. The first kappa shape index (κ1) is 12.5. The summed E-state index contributed by atoms with van der Waals surface area (Å²) in [5.74, 6) is 0. The van der Waals surface area contributed by atoms with Gasteiger partial charge in [0.25, 0.3) is 9.05 Å². The van der Waals surface area contributed by atoms with Crippen LogP contribution in [0.2, 0.25) is 0 Å². The van der Waals surface area contributed by atoms with Crippen LogP contribution in [0.25, 0.3) is 0 Å². The fraction of sp³-hybridized carbons (Fsp3) is 0.625. The molecule has 1 aromatic heterocycles. The van der Waals surface area contributed by atoms with Crippen molar-refractivity contribution < 1.29 is 13.2 Å². The largest absolute Gasteiger partial charge is 0.378 e.